The van der Waals surface area contributed by atoms with Crippen LogP contribution in [-0.2, 0) is 22.9 Å². The molecule has 0 bridgehead atoms. The first-order valence-electron chi connectivity index (χ1n) is 10.7. The van der Waals surface area contributed by atoms with Crippen molar-refractivity contribution in [3.63, 3.8) is 0 Å². The number of hydrogen-bond acceptors (Lipinski definition) is 5. The highest BCUT2D eigenvalue weighted by atomic mass is 32.2. The number of aromatic nitrogens is 1. The normalized spacial score (nSPS) is 13.0. The fourth-order valence-corrected chi connectivity index (χ4v) is 4.75. The van der Waals surface area contributed by atoms with Crippen LogP contribution in [0.4, 0.5) is 5.69 Å². The quantitative estimate of drug-likeness (QED) is 0.481. The summed E-state index contributed by atoms with van der Waals surface area (Å²) in [5, 5.41) is 2.70. The number of nitrogens with one attached hydrogen (secondary N) is 2. The molecule has 7 nitrogen and oxygen atoms in total. The summed E-state index contributed by atoms with van der Waals surface area (Å²) < 4.78 is 33.9. The van der Waals surface area contributed by atoms with Gasteiger partial charge in [-0.05, 0) is 79.3 Å². The lowest BCUT2D eigenvalue weighted by Crippen LogP contribution is -2.22. The van der Waals surface area contributed by atoms with E-state index in [-0.39, 0.29) is 10.8 Å². The van der Waals surface area contributed by atoms with Crippen LogP contribution in [0, 0.1) is 0 Å². The van der Waals surface area contributed by atoms with Gasteiger partial charge in [-0.15, -0.1) is 6.58 Å². The molecule has 4 rings (SSSR count). The zero-order chi connectivity index (χ0) is 23.3. The number of pyridine rings is 1. The Balaban J connectivity index is 1.40. The summed E-state index contributed by atoms with van der Waals surface area (Å²) in [6.45, 7) is 3.96. The van der Waals surface area contributed by atoms with Crippen molar-refractivity contribution in [3.8, 4) is 11.6 Å². The van der Waals surface area contributed by atoms with E-state index in [2.05, 4.69) is 21.6 Å². The molecule has 2 N–H and O–H groups in total. The summed E-state index contributed by atoms with van der Waals surface area (Å²) in [6, 6.07) is 15.1. The molecule has 33 heavy (non-hydrogen) atoms. The molecule has 0 aliphatic heterocycles. The number of hydrogen-bond donors (Lipinski definition) is 2. The molecule has 0 unspecified atom stereocenters. The minimum Gasteiger partial charge on any atom is -0.439 e. The van der Waals surface area contributed by atoms with E-state index in [9.17, 15) is 13.2 Å². The second-order valence-electron chi connectivity index (χ2n) is 7.75. The molecular weight excluding hydrogens is 438 g/mol. The lowest BCUT2D eigenvalue weighted by molar-refractivity contribution is 0.0958. The van der Waals surface area contributed by atoms with Crippen LogP contribution in [0.1, 0.15) is 34.3 Å². The third kappa shape index (κ3) is 5.59. The van der Waals surface area contributed by atoms with Gasteiger partial charge in [0.25, 0.3) is 15.9 Å². The van der Waals surface area contributed by atoms with Crippen LogP contribution in [0.3, 0.4) is 0 Å². The molecule has 0 radical (unpaired) electrons. The van der Waals surface area contributed by atoms with Gasteiger partial charge in [0, 0.05) is 18.2 Å². The maximum atomic E-state index is 12.8. The summed E-state index contributed by atoms with van der Waals surface area (Å²) >= 11 is 0. The number of carbonyl (C=O) groups is 1. The Morgan fingerprint density at radius 1 is 1.03 bits per heavy atom. The highest BCUT2D eigenvalue weighted by Gasteiger charge is 2.18. The van der Waals surface area contributed by atoms with Gasteiger partial charge in [-0.25, -0.2) is 13.4 Å². The first-order chi connectivity index (χ1) is 15.9. The van der Waals surface area contributed by atoms with Crippen molar-refractivity contribution in [1.29, 1.82) is 0 Å². The third-order valence-corrected chi connectivity index (χ3v) is 6.74. The van der Waals surface area contributed by atoms with Gasteiger partial charge in [-0.2, -0.15) is 0 Å². The van der Waals surface area contributed by atoms with E-state index in [4.69, 9.17) is 4.74 Å². The predicted molar refractivity (Wildman–Crippen MR) is 127 cm³/mol. The van der Waals surface area contributed by atoms with Gasteiger partial charge in [0.1, 0.15) is 5.75 Å². The van der Waals surface area contributed by atoms with Crippen LogP contribution in [0.15, 0.2) is 78.3 Å². The number of rotatable bonds is 8. The number of amides is 1. The fourth-order valence-electron chi connectivity index (χ4n) is 3.65. The summed E-state index contributed by atoms with van der Waals surface area (Å²) in [7, 11) is -3.71. The number of fused-ring (bicyclic) bond motifs is 1. The van der Waals surface area contributed by atoms with E-state index in [1.165, 1.54) is 11.8 Å². The van der Waals surface area contributed by atoms with Crippen LogP contribution in [0.5, 0.6) is 11.6 Å². The SMILES string of the molecule is C=CCNC(=O)c1ccc(Oc2ccc(NS(=O)(=O)c3ccc4c(c3)CCCC4)cn2)cc1. The molecule has 3 aromatic rings. The first kappa shape index (κ1) is 22.5. The Morgan fingerprint density at radius 3 is 2.48 bits per heavy atom. The van der Waals surface area contributed by atoms with E-state index >= 15 is 0 Å². The minimum absolute atomic E-state index is 0.199. The zero-order valence-electron chi connectivity index (χ0n) is 18.1. The lowest BCUT2D eigenvalue weighted by atomic mass is 9.92. The average molecular weight is 464 g/mol. The monoisotopic (exact) mass is 463 g/mol. The van der Waals surface area contributed by atoms with Crippen molar-refractivity contribution in [1.82, 2.24) is 10.3 Å². The molecular formula is C25H25N3O4S. The van der Waals surface area contributed by atoms with Crippen LogP contribution in [-0.4, -0.2) is 25.9 Å². The number of ether oxygens (including phenoxy) is 1. The molecule has 8 heteroatoms. The average Bonchev–Trinajstić information content (AvgIpc) is 2.83. The van der Waals surface area contributed by atoms with Crippen LogP contribution >= 0.6 is 0 Å². The summed E-state index contributed by atoms with van der Waals surface area (Å²) in [4.78, 5) is 16.4. The minimum atomic E-state index is -3.71. The predicted octanol–water partition coefficient (Wildman–Crippen LogP) is 4.47. The molecule has 0 fully saturated rings. The second-order valence-corrected chi connectivity index (χ2v) is 9.44. The molecule has 1 aromatic heterocycles. The number of anilines is 1. The molecule has 2 aromatic carbocycles. The Morgan fingerprint density at radius 2 is 1.79 bits per heavy atom. The highest BCUT2D eigenvalue weighted by molar-refractivity contribution is 7.92. The highest BCUT2D eigenvalue weighted by Crippen LogP contribution is 2.26. The Kier molecular flexibility index (Phi) is 6.74. The number of sulfonamides is 1. The van der Waals surface area contributed by atoms with Gasteiger partial charge in [-0.3, -0.25) is 9.52 Å². The first-order valence-corrected chi connectivity index (χ1v) is 12.2. The molecule has 170 valence electrons. The zero-order valence-corrected chi connectivity index (χ0v) is 18.9. The van der Waals surface area contributed by atoms with Gasteiger partial charge < -0.3 is 10.1 Å². The van der Waals surface area contributed by atoms with Gasteiger partial charge in [0.05, 0.1) is 16.8 Å². The third-order valence-electron chi connectivity index (χ3n) is 5.36. The van der Waals surface area contributed by atoms with Gasteiger partial charge in [-0.1, -0.05) is 12.1 Å². The van der Waals surface area contributed by atoms with Crippen LogP contribution < -0.4 is 14.8 Å². The van der Waals surface area contributed by atoms with Crippen molar-refractivity contribution in [2.75, 3.05) is 11.3 Å². The summed E-state index contributed by atoms with van der Waals surface area (Å²) in [5.41, 5.74) is 3.18. The molecule has 1 amide bonds. The standard InChI is InChI=1S/C25H25N3O4S/c1-2-15-26-25(29)19-7-11-22(12-8-19)32-24-14-10-21(17-27-24)28-33(30,31)23-13-9-18-5-3-4-6-20(18)16-23/h2,7-14,16-17,28H,1,3-6,15H2,(H,26,29). The molecule has 0 saturated carbocycles. The summed E-state index contributed by atoms with van der Waals surface area (Å²) in [6.07, 6.45) is 7.15. The van der Waals surface area contributed by atoms with Crippen LogP contribution in [0.25, 0.3) is 0 Å². The smallest absolute Gasteiger partial charge is 0.261 e. The van der Waals surface area contributed by atoms with Crippen molar-refractivity contribution >= 4 is 21.6 Å². The molecule has 0 atom stereocenters. The number of nitrogens with zero attached hydrogens (tertiary/aromatic N) is 1. The second kappa shape index (κ2) is 9.87. The fraction of sp³-hybridized carbons (Fsp3) is 0.200. The Hall–Kier alpha value is -3.65. The van der Waals surface area contributed by atoms with Gasteiger partial charge in [0.2, 0.25) is 5.88 Å². The van der Waals surface area contributed by atoms with Gasteiger partial charge in [0.15, 0.2) is 0 Å². The van der Waals surface area contributed by atoms with Crippen molar-refractivity contribution in [3.05, 3.63) is 90.1 Å². The molecule has 0 saturated heterocycles. The van der Waals surface area contributed by atoms with E-state index in [0.717, 1.165) is 31.2 Å². The largest absolute Gasteiger partial charge is 0.439 e. The topological polar surface area (TPSA) is 97.4 Å². The van der Waals surface area contributed by atoms with Crippen molar-refractivity contribution in [2.45, 2.75) is 30.6 Å². The Labute approximate surface area is 193 Å². The van der Waals surface area contributed by atoms with E-state index in [1.54, 1.807) is 54.6 Å². The van der Waals surface area contributed by atoms with Gasteiger partial charge >= 0.3 is 0 Å². The lowest BCUT2D eigenvalue weighted by Gasteiger charge is -2.17. The van der Waals surface area contributed by atoms with E-state index in [1.807, 2.05) is 6.07 Å². The molecule has 1 aliphatic rings. The van der Waals surface area contributed by atoms with Crippen LogP contribution in [0.2, 0.25) is 0 Å². The van der Waals surface area contributed by atoms with Crippen molar-refractivity contribution < 1.29 is 17.9 Å². The number of carbonyl (C=O) groups excluding carboxylic acids is 1. The molecule has 1 aliphatic carbocycles. The number of aryl methyl sites for hydroxylation is 2. The summed E-state index contributed by atoms with van der Waals surface area (Å²) in [5.74, 6) is 0.607. The maximum absolute atomic E-state index is 12.8. The van der Waals surface area contributed by atoms with E-state index < -0.39 is 10.0 Å². The molecule has 0 spiro atoms. The van der Waals surface area contributed by atoms with Crippen molar-refractivity contribution in [2.24, 2.45) is 0 Å². The maximum Gasteiger partial charge on any atom is 0.261 e. The molecule has 1 heterocycles. The van der Waals surface area contributed by atoms with E-state index in [0.29, 0.717) is 29.4 Å². The Bertz CT molecular complexity index is 1250. The number of benzene rings is 2.